The first-order valence-electron chi connectivity index (χ1n) is 8.54. The van der Waals surface area contributed by atoms with Gasteiger partial charge >= 0.3 is 0 Å². The molecule has 4 heterocycles. The van der Waals surface area contributed by atoms with Crippen LogP contribution in [0.4, 0.5) is 5.82 Å². The predicted molar refractivity (Wildman–Crippen MR) is 95.5 cm³/mol. The SMILES string of the molecule is Cc1cncn(CC2CCN(c3ncnc4ncccc34)CC2)c1=O. The number of nitrogens with zero attached hydrogens (tertiary/aromatic N) is 6. The van der Waals surface area contributed by atoms with Gasteiger partial charge in [0.1, 0.15) is 12.1 Å². The number of piperidine rings is 1. The Labute approximate surface area is 145 Å². The standard InChI is InChI=1S/C18H20N6O/c1-13-9-19-12-24(18(13)25)10-14-4-7-23(8-5-14)17-15-3-2-6-20-16(15)21-11-22-17/h2-3,6,9,11-12,14H,4-5,7-8,10H2,1H3. The number of aromatic nitrogens is 5. The molecule has 0 spiro atoms. The van der Waals surface area contributed by atoms with Gasteiger partial charge in [-0.3, -0.25) is 9.36 Å². The summed E-state index contributed by atoms with van der Waals surface area (Å²) in [5.41, 5.74) is 1.48. The number of hydrogen-bond acceptors (Lipinski definition) is 6. The van der Waals surface area contributed by atoms with Crippen molar-refractivity contribution in [3.63, 3.8) is 0 Å². The fourth-order valence-corrected chi connectivity index (χ4v) is 3.43. The zero-order valence-corrected chi connectivity index (χ0v) is 14.2. The maximum atomic E-state index is 12.2. The van der Waals surface area contributed by atoms with E-state index in [0.29, 0.717) is 11.5 Å². The van der Waals surface area contributed by atoms with Gasteiger partial charge in [0.2, 0.25) is 0 Å². The lowest BCUT2D eigenvalue weighted by Gasteiger charge is -2.33. The van der Waals surface area contributed by atoms with E-state index in [1.54, 1.807) is 29.6 Å². The van der Waals surface area contributed by atoms with E-state index in [1.807, 2.05) is 19.1 Å². The number of anilines is 1. The minimum atomic E-state index is 0.0605. The van der Waals surface area contributed by atoms with E-state index in [-0.39, 0.29) is 5.56 Å². The third-order valence-electron chi connectivity index (χ3n) is 4.83. The molecule has 0 aliphatic carbocycles. The van der Waals surface area contributed by atoms with E-state index < -0.39 is 0 Å². The molecule has 3 aromatic heterocycles. The molecule has 1 aliphatic heterocycles. The Hall–Kier alpha value is -2.83. The number of pyridine rings is 1. The van der Waals surface area contributed by atoms with Crippen LogP contribution in [-0.2, 0) is 6.54 Å². The molecule has 3 aromatic rings. The third-order valence-corrected chi connectivity index (χ3v) is 4.83. The highest BCUT2D eigenvalue weighted by Gasteiger charge is 2.22. The highest BCUT2D eigenvalue weighted by molar-refractivity contribution is 5.86. The van der Waals surface area contributed by atoms with Gasteiger partial charge in [0.15, 0.2) is 5.65 Å². The molecule has 0 bridgehead atoms. The van der Waals surface area contributed by atoms with Gasteiger partial charge in [-0.25, -0.2) is 19.9 Å². The van der Waals surface area contributed by atoms with Gasteiger partial charge in [-0.05, 0) is 37.8 Å². The zero-order valence-electron chi connectivity index (χ0n) is 14.2. The second-order valence-corrected chi connectivity index (χ2v) is 6.54. The summed E-state index contributed by atoms with van der Waals surface area (Å²) in [5.74, 6) is 1.43. The molecule has 0 atom stereocenters. The quantitative estimate of drug-likeness (QED) is 0.726. The molecule has 1 saturated heterocycles. The summed E-state index contributed by atoms with van der Waals surface area (Å²) < 4.78 is 1.74. The molecule has 0 radical (unpaired) electrons. The average Bonchev–Trinajstić information content (AvgIpc) is 2.66. The Bertz CT molecular complexity index is 940. The highest BCUT2D eigenvalue weighted by Crippen LogP contribution is 2.26. The van der Waals surface area contributed by atoms with Crippen molar-refractivity contribution in [2.45, 2.75) is 26.3 Å². The topological polar surface area (TPSA) is 76.8 Å². The molecule has 25 heavy (non-hydrogen) atoms. The molecule has 0 saturated carbocycles. The zero-order chi connectivity index (χ0) is 17.2. The van der Waals surface area contributed by atoms with E-state index in [0.717, 1.165) is 49.3 Å². The van der Waals surface area contributed by atoms with Crippen LogP contribution in [0.3, 0.4) is 0 Å². The summed E-state index contributed by atoms with van der Waals surface area (Å²) >= 11 is 0. The van der Waals surface area contributed by atoms with Gasteiger partial charge in [0, 0.05) is 37.6 Å². The van der Waals surface area contributed by atoms with E-state index in [9.17, 15) is 4.79 Å². The second-order valence-electron chi connectivity index (χ2n) is 6.54. The van der Waals surface area contributed by atoms with E-state index in [4.69, 9.17) is 0 Å². The first-order chi connectivity index (χ1) is 12.2. The van der Waals surface area contributed by atoms with Crippen LogP contribution in [0.1, 0.15) is 18.4 Å². The van der Waals surface area contributed by atoms with Crippen LogP contribution in [0.2, 0.25) is 0 Å². The fourth-order valence-electron chi connectivity index (χ4n) is 3.43. The van der Waals surface area contributed by atoms with Crippen molar-refractivity contribution in [2.75, 3.05) is 18.0 Å². The van der Waals surface area contributed by atoms with Crippen molar-refractivity contribution >= 4 is 16.9 Å². The Balaban J connectivity index is 1.48. The Morgan fingerprint density at radius 2 is 2.04 bits per heavy atom. The van der Waals surface area contributed by atoms with Crippen molar-refractivity contribution in [3.05, 3.63) is 53.1 Å². The van der Waals surface area contributed by atoms with Crippen molar-refractivity contribution < 1.29 is 0 Å². The van der Waals surface area contributed by atoms with Crippen LogP contribution in [0.5, 0.6) is 0 Å². The van der Waals surface area contributed by atoms with Gasteiger partial charge in [0.25, 0.3) is 5.56 Å². The molecule has 7 nitrogen and oxygen atoms in total. The molecule has 0 aromatic carbocycles. The summed E-state index contributed by atoms with van der Waals surface area (Å²) in [6.45, 7) is 4.37. The molecule has 0 unspecified atom stereocenters. The molecule has 4 rings (SSSR count). The summed E-state index contributed by atoms with van der Waals surface area (Å²) in [6.07, 6.45) is 8.63. The monoisotopic (exact) mass is 336 g/mol. The van der Waals surface area contributed by atoms with Crippen LogP contribution in [0.25, 0.3) is 11.0 Å². The van der Waals surface area contributed by atoms with Crippen molar-refractivity contribution in [1.29, 1.82) is 0 Å². The Morgan fingerprint density at radius 1 is 1.20 bits per heavy atom. The van der Waals surface area contributed by atoms with Crippen LogP contribution < -0.4 is 10.5 Å². The van der Waals surface area contributed by atoms with Gasteiger partial charge in [-0.2, -0.15) is 0 Å². The van der Waals surface area contributed by atoms with Crippen LogP contribution in [-0.4, -0.2) is 37.6 Å². The van der Waals surface area contributed by atoms with Crippen LogP contribution in [0, 0.1) is 12.8 Å². The smallest absolute Gasteiger partial charge is 0.256 e. The maximum Gasteiger partial charge on any atom is 0.256 e. The lowest BCUT2D eigenvalue weighted by atomic mass is 9.96. The molecule has 0 N–H and O–H groups in total. The third kappa shape index (κ3) is 3.09. The van der Waals surface area contributed by atoms with Crippen molar-refractivity contribution in [2.24, 2.45) is 5.92 Å². The van der Waals surface area contributed by atoms with Crippen molar-refractivity contribution in [1.82, 2.24) is 24.5 Å². The largest absolute Gasteiger partial charge is 0.356 e. The minimum Gasteiger partial charge on any atom is -0.356 e. The van der Waals surface area contributed by atoms with Gasteiger partial charge in [-0.1, -0.05) is 0 Å². The summed E-state index contributed by atoms with van der Waals surface area (Å²) in [6, 6.07) is 3.93. The van der Waals surface area contributed by atoms with E-state index in [1.165, 1.54) is 0 Å². The first-order valence-corrected chi connectivity index (χ1v) is 8.54. The Kier molecular flexibility index (Phi) is 4.13. The molecule has 0 amide bonds. The number of hydrogen-bond donors (Lipinski definition) is 0. The number of rotatable bonds is 3. The van der Waals surface area contributed by atoms with E-state index in [2.05, 4.69) is 24.8 Å². The highest BCUT2D eigenvalue weighted by atomic mass is 16.1. The van der Waals surface area contributed by atoms with Gasteiger partial charge in [0.05, 0.1) is 11.7 Å². The summed E-state index contributed by atoms with van der Waals surface area (Å²) in [5, 5.41) is 0.988. The van der Waals surface area contributed by atoms with Gasteiger partial charge in [-0.15, -0.1) is 0 Å². The lowest BCUT2D eigenvalue weighted by Crippen LogP contribution is -2.37. The molecule has 128 valence electrons. The van der Waals surface area contributed by atoms with Crippen LogP contribution >= 0.6 is 0 Å². The Morgan fingerprint density at radius 3 is 2.88 bits per heavy atom. The number of aryl methyl sites for hydroxylation is 1. The van der Waals surface area contributed by atoms with E-state index >= 15 is 0 Å². The maximum absolute atomic E-state index is 12.2. The van der Waals surface area contributed by atoms with Crippen molar-refractivity contribution in [3.8, 4) is 0 Å². The lowest BCUT2D eigenvalue weighted by molar-refractivity contribution is 0.350. The predicted octanol–water partition coefficient (Wildman–Crippen LogP) is 1.81. The first kappa shape index (κ1) is 15.7. The molecule has 1 aliphatic rings. The summed E-state index contributed by atoms with van der Waals surface area (Å²) in [7, 11) is 0. The number of fused-ring (bicyclic) bond motifs is 1. The summed E-state index contributed by atoms with van der Waals surface area (Å²) in [4.78, 5) is 31.6. The minimum absolute atomic E-state index is 0.0605. The van der Waals surface area contributed by atoms with Gasteiger partial charge < -0.3 is 4.90 Å². The molecular formula is C18H20N6O. The second kappa shape index (κ2) is 6.58. The average molecular weight is 336 g/mol. The normalized spacial score (nSPS) is 15.6. The molecule has 7 heteroatoms. The van der Waals surface area contributed by atoms with Crippen LogP contribution in [0.15, 0.2) is 42.0 Å². The molecular weight excluding hydrogens is 316 g/mol. The molecule has 1 fully saturated rings. The fraction of sp³-hybridized carbons (Fsp3) is 0.389.